The number of aromatic nitrogens is 2. The van der Waals surface area contributed by atoms with Crippen molar-refractivity contribution < 1.29 is 8.42 Å². The first-order chi connectivity index (χ1) is 8.47. The molecular formula is C11H12N4O2S. The molecule has 0 fully saturated rings. The maximum atomic E-state index is 12.0. The van der Waals surface area contributed by atoms with Crippen molar-refractivity contribution in [1.82, 2.24) is 9.97 Å². The summed E-state index contributed by atoms with van der Waals surface area (Å²) in [6.07, 6.45) is 1.49. The number of nitrogen functional groups attached to an aromatic ring is 1. The minimum atomic E-state index is -3.68. The molecule has 7 heteroatoms. The van der Waals surface area contributed by atoms with Gasteiger partial charge in [-0.1, -0.05) is 0 Å². The molecular weight excluding hydrogens is 258 g/mol. The fraction of sp³-hybridized carbons (Fsp3) is 0.0909. The zero-order valence-corrected chi connectivity index (χ0v) is 10.5. The Morgan fingerprint density at radius 3 is 2.44 bits per heavy atom. The van der Waals surface area contributed by atoms with Crippen LogP contribution in [0.4, 0.5) is 11.6 Å². The van der Waals surface area contributed by atoms with Crippen LogP contribution in [0.5, 0.6) is 0 Å². The Kier molecular flexibility index (Phi) is 3.15. The fourth-order valence-corrected chi connectivity index (χ4v) is 2.28. The lowest BCUT2D eigenvalue weighted by Gasteiger charge is -2.06. The van der Waals surface area contributed by atoms with Crippen LogP contribution in [-0.4, -0.2) is 18.4 Å². The van der Waals surface area contributed by atoms with E-state index in [0.29, 0.717) is 11.4 Å². The van der Waals surface area contributed by atoms with Crippen LogP contribution in [0.3, 0.4) is 0 Å². The number of nitrogens with one attached hydrogen (secondary N) is 1. The first kappa shape index (κ1) is 12.3. The molecule has 0 aliphatic carbocycles. The van der Waals surface area contributed by atoms with E-state index in [2.05, 4.69) is 14.7 Å². The number of nitrogens with zero attached hydrogens (tertiary/aromatic N) is 2. The van der Waals surface area contributed by atoms with Gasteiger partial charge in [-0.2, -0.15) is 0 Å². The SMILES string of the molecule is Cc1ccnc(NS(=O)(=O)[13c]2[13cH][13cH][13c](N)[13cH][13cH]2)n1. The molecule has 94 valence electrons. The van der Waals surface area contributed by atoms with Crippen LogP contribution in [0, 0.1) is 6.92 Å². The van der Waals surface area contributed by atoms with Gasteiger partial charge in [-0.25, -0.2) is 23.1 Å². The topological polar surface area (TPSA) is 98.0 Å². The average Bonchev–Trinajstić information content (AvgIpc) is 2.29. The number of nitrogens with two attached hydrogens (primary N) is 1. The third-order valence-electron chi connectivity index (χ3n) is 2.21. The van der Waals surface area contributed by atoms with E-state index in [1.807, 2.05) is 0 Å². The Balaban J connectivity index is 2.30. The summed E-state index contributed by atoms with van der Waals surface area (Å²) in [6.45, 7) is 1.75. The number of hydrogen-bond acceptors (Lipinski definition) is 5. The molecule has 0 aliphatic rings. The zero-order chi connectivity index (χ0) is 13.2. The molecule has 0 bridgehead atoms. The van der Waals surface area contributed by atoms with E-state index in [1.54, 1.807) is 13.0 Å². The molecule has 6 nitrogen and oxygen atoms in total. The number of benzene rings is 1. The standard InChI is InChI=1S/C11H12N4O2S/c1-8-6-7-13-11(14-8)15-18(16,17)10-4-2-9(12)3-5-10/h2-7H,12H2,1H3,(H,13,14,15)/i2+1,3+1,4+1,5+1,9+1,10+1. The quantitative estimate of drug-likeness (QED) is 0.816. The lowest BCUT2D eigenvalue weighted by Crippen LogP contribution is -2.15. The van der Waals surface area contributed by atoms with Crippen molar-refractivity contribution in [2.45, 2.75) is 11.8 Å². The van der Waals surface area contributed by atoms with E-state index >= 15 is 0 Å². The predicted octanol–water partition coefficient (Wildman–Crippen LogP) is 1.17. The van der Waals surface area contributed by atoms with Crippen LogP contribution in [0.25, 0.3) is 0 Å². The maximum absolute atomic E-state index is 12.0. The van der Waals surface area contributed by atoms with Gasteiger partial charge in [-0.3, -0.25) is 0 Å². The highest BCUT2D eigenvalue weighted by atomic mass is 32.2. The summed E-state index contributed by atoms with van der Waals surface area (Å²) in [5.41, 5.74) is 6.68. The van der Waals surface area contributed by atoms with Gasteiger partial charge < -0.3 is 5.73 Å². The number of anilines is 2. The summed E-state index contributed by atoms with van der Waals surface area (Å²) in [5.74, 6) is 0.0480. The van der Waals surface area contributed by atoms with E-state index in [-0.39, 0.29) is 10.8 Å². The minimum absolute atomic E-state index is 0.0480. The predicted molar refractivity (Wildman–Crippen MR) is 68.4 cm³/mol. The molecule has 0 saturated carbocycles. The second kappa shape index (κ2) is 4.61. The Bertz CT molecular complexity index is 653. The second-order valence-corrected chi connectivity index (χ2v) is 5.38. The van der Waals surface area contributed by atoms with Crippen molar-refractivity contribution in [2.24, 2.45) is 0 Å². The van der Waals surface area contributed by atoms with E-state index in [0.717, 1.165) is 0 Å². The number of aryl methyl sites for hydroxylation is 1. The molecule has 1 aromatic heterocycles. The summed E-state index contributed by atoms with van der Waals surface area (Å²) in [6, 6.07) is 7.57. The van der Waals surface area contributed by atoms with Crippen LogP contribution in [0.1, 0.15) is 5.69 Å². The van der Waals surface area contributed by atoms with Crippen LogP contribution in [0.2, 0.25) is 0 Å². The Morgan fingerprint density at radius 2 is 1.83 bits per heavy atom. The molecule has 0 spiro atoms. The van der Waals surface area contributed by atoms with Crippen molar-refractivity contribution in [3.05, 3.63) is 42.2 Å². The molecule has 3 N–H and O–H groups in total. The summed E-state index contributed by atoms with van der Waals surface area (Å²) >= 11 is 0. The van der Waals surface area contributed by atoms with Gasteiger partial charge in [0.25, 0.3) is 10.0 Å². The van der Waals surface area contributed by atoms with Crippen molar-refractivity contribution >= 4 is 21.7 Å². The zero-order valence-electron chi connectivity index (χ0n) is 9.66. The van der Waals surface area contributed by atoms with Gasteiger partial charge in [-0.15, -0.1) is 0 Å². The maximum Gasteiger partial charge on any atom is 0.264 e. The number of sulfonamides is 1. The Labute approximate surface area is 105 Å². The summed E-state index contributed by atoms with van der Waals surface area (Å²) in [7, 11) is -3.68. The molecule has 18 heavy (non-hydrogen) atoms. The van der Waals surface area contributed by atoms with Gasteiger partial charge in [0.2, 0.25) is 5.95 Å². The summed E-state index contributed by atoms with van der Waals surface area (Å²) in [5, 5.41) is 0. The fourth-order valence-electron chi connectivity index (χ4n) is 1.32. The van der Waals surface area contributed by atoms with Crippen LogP contribution >= 0.6 is 0 Å². The lowest BCUT2D eigenvalue weighted by atomic mass is 10.5. The van der Waals surface area contributed by atoms with E-state index in [1.165, 1.54) is 30.5 Å². The first-order valence-electron chi connectivity index (χ1n) is 5.15. The highest BCUT2D eigenvalue weighted by molar-refractivity contribution is 7.92. The molecule has 0 saturated heterocycles. The largest absolute Gasteiger partial charge is 0.399 e. The second-order valence-electron chi connectivity index (χ2n) is 3.70. The average molecular weight is 270 g/mol. The van der Waals surface area contributed by atoms with Crippen molar-refractivity contribution in [3.63, 3.8) is 0 Å². The molecule has 0 unspecified atom stereocenters. The van der Waals surface area contributed by atoms with Gasteiger partial charge in [0.15, 0.2) is 0 Å². The first-order valence-corrected chi connectivity index (χ1v) is 6.64. The molecule has 2 rings (SSSR count). The van der Waals surface area contributed by atoms with Crippen molar-refractivity contribution in [3.8, 4) is 0 Å². The van der Waals surface area contributed by atoms with Crippen LogP contribution < -0.4 is 10.5 Å². The van der Waals surface area contributed by atoms with Gasteiger partial charge in [-0.05, 0) is 37.3 Å². The molecule has 1 heterocycles. The number of rotatable bonds is 3. The molecule has 0 amide bonds. The Hall–Kier alpha value is -2.15. The molecule has 0 atom stereocenters. The van der Waals surface area contributed by atoms with Gasteiger partial charge >= 0.3 is 0 Å². The molecule has 2 aromatic rings. The third-order valence-corrected chi connectivity index (χ3v) is 3.55. The molecule has 0 radical (unpaired) electrons. The van der Waals surface area contributed by atoms with Crippen LogP contribution in [0.15, 0.2) is 41.4 Å². The highest BCUT2D eigenvalue weighted by Crippen LogP contribution is 2.14. The van der Waals surface area contributed by atoms with Gasteiger partial charge in [0.1, 0.15) is 0 Å². The lowest BCUT2D eigenvalue weighted by molar-refractivity contribution is 0.601. The third kappa shape index (κ3) is 2.75. The normalized spacial score (nSPS) is 11.2. The highest BCUT2D eigenvalue weighted by Gasteiger charge is 2.15. The molecule has 0 aliphatic heterocycles. The smallest absolute Gasteiger partial charge is 0.264 e. The van der Waals surface area contributed by atoms with E-state index in [9.17, 15) is 8.42 Å². The monoisotopic (exact) mass is 270 g/mol. The van der Waals surface area contributed by atoms with E-state index < -0.39 is 10.0 Å². The Morgan fingerprint density at radius 1 is 1.17 bits per heavy atom. The number of hydrogen-bond donors (Lipinski definition) is 2. The van der Waals surface area contributed by atoms with Crippen molar-refractivity contribution in [1.29, 1.82) is 0 Å². The van der Waals surface area contributed by atoms with Crippen molar-refractivity contribution in [2.75, 3.05) is 10.5 Å². The minimum Gasteiger partial charge on any atom is -0.399 e. The van der Waals surface area contributed by atoms with Gasteiger partial charge in [0, 0.05) is 17.6 Å². The molecule has 1 aromatic carbocycles. The van der Waals surface area contributed by atoms with E-state index in [4.69, 9.17) is 5.73 Å². The van der Waals surface area contributed by atoms with Gasteiger partial charge in [0.05, 0.1) is 4.90 Å². The summed E-state index contributed by atoms with van der Waals surface area (Å²) < 4.78 is 26.3. The van der Waals surface area contributed by atoms with Crippen LogP contribution in [-0.2, 0) is 10.0 Å². The summed E-state index contributed by atoms with van der Waals surface area (Å²) in [4.78, 5) is 7.93.